The molecule has 0 saturated carbocycles. The third kappa shape index (κ3) is 5.38. The minimum absolute atomic E-state index is 0.0629. The molecule has 0 aliphatic carbocycles. The molecule has 2 N–H and O–H groups in total. The van der Waals surface area contributed by atoms with Gasteiger partial charge >= 0.3 is 0 Å². The van der Waals surface area contributed by atoms with E-state index in [2.05, 4.69) is 5.10 Å². The molecule has 3 aromatic rings. The number of nitrogens with zero attached hydrogens (tertiary/aromatic N) is 2. The predicted octanol–water partition coefficient (Wildman–Crippen LogP) is 3.56. The lowest BCUT2D eigenvalue weighted by Crippen LogP contribution is -2.21. The van der Waals surface area contributed by atoms with Crippen molar-refractivity contribution >= 4 is 44.5 Å². The number of anilines is 1. The second-order valence-electron chi connectivity index (χ2n) is 7.94. The van der Waals surface area contributed by atoms with Gasteiger partial charge < -0.3 is 8.92 Å². The van der Waals surface area contributed by atoms with Crippen LogP contribution in [-0.4, -0.2) is 31.4 Å². The highest BCUT2D eigenvalue weighted by atomic mass is 32.2. The van der Waals surface area contributed by atoms with E-state index in [1.54, 1.807) is 43.3 Å². The molecule has 186 valence electrons. The first-order chi connectivity index (χ1) is 17.1. The van der Waals surface area contributed by atoms with Crippen LogP contribution < -0.4 is 19.1 Å². The number of hydrogen-bond donors (Lipinski definition) is 1. The van der Waals surface area contributed by atoms with Crippen LogP contribution in [0.1, 0.15) is 18.1 Å². The molecule has 4 rings (SSSR count). The Kier molecular flexibility index (Phi) is 7.07. The Morgan fingerprint density at radius 1 is 0.972 bits per heavy atom. The third-order valence-corrected chi connectivity index (χ3v) is 7.27. The first-order valence-electron chi connectivity index (χ1n) is 10.7. The number of sulfonamides is 1. The number of ether oxygens (including phenoxy) is 1. The highest BCUT2D eigenvalue weighted by Gasteiger charge is 2.29. The lowest BCUT2D eigenvalue weighted by molar-refractivity contribution is -0.114. The Bertz CT molecular complexity index is 1510. The molecule has 0 bridgehead atoms. The van der Waals surface area contributed by atoms with Gasteiger partial charge in [-0.25, -0.2) is 17.8 Å². The Hall–Kier alpha value is -3.80. The van der Waals surface area contributed by atoms with Gasteiger partial charge in [0.25, 0.3) is 5.91 Å². The van der Waals surface area contributed by atoms with E-state index in [1.165, 1.54) is 36.4 Å². The number of benzene rings is 3. The molecule has 1 aliphatic heterocycles. The van der Waals surface area contributed by atoms with Crippen molar-refractivity contribution in [3.63, 3.8) is 0 Å². The maximum atomic E-state index is 13.1. The van der Waals surface area contributed by atoms with Crippen LogP contribution in [0.25, 0.3) is 6.08 Å². The van der Waals surface area contributed by atoms with Crippen LogP contribution in [0.15, 0.2) is 87.2 Å². The zero-order valence-corrected chi connectivity index (χ0v) is 21.3. The summed E-state index contributed by atoms with van der Waals surface area (Å²) in [5, 5.41) is 10.6. The summed E-state index contributed by atoms with van der Waals surface area (Å²) >= 11 is -1.73. The molecule has 0 spiro atoms. The largest absolute Gasteiger partial charge is 0.493 e. The number of rotatable bonds is 7. The normalized spacial score (nSPS) is 15.7. The molecule has 11 heteroatoms. The van der Waals surface area contributed by atoms with Crippen molar-refractivity contribution in [2.24, 2.45) is 10.2 Å². The number of carbonyl (C=O) groups is 1. The van der Waals surface area contributed by atoms with E-state index in [-0.39, 0.29) is 10.8 Å². The Morgan fingerprint density at radius 3 is 2.25 bits per heavy atom. The summed E-state index contributed by atoms with van der Waals surface area (Å²) in [4.78, 5) is 13.5. The Labute approximate surface area is 211 Å². The third-order valence-electron chi connectivity index (χ3n) is 5.35. The van der Waals surface area contributed by atoms with E-state index in [1.807, 2.05) is 19.1 Å². The molecule has 0 fully saturated rings. The number of nitrogens with two attached hydrogens (primary N) is 1. The van der Waals surface area contributed by atoms with Crippen LogP contribution in [-0.2, 0) is 25.9 Å². The molecule has 0 saturated heterocycles. The first-order valence-corrected chi connectivity index (χ1v) is 13.3. The number of primary sulfonamides is 1. The molecule has 1 aliphatic rings. The summed E-state index contributed by atoms with van der Waals surface area (Å²) in [6.45, 7) is 3.64. The van der Waals surface area contributed by atoms with Gasteiger partial charge in [0.2, 0.25) is 21.1 Å². The first kappa shape index (κ1) is 25.3. The van der Waals surface area contributed by atoms with E-state index < -0.39 is 21.1 Å². The summed E-state index contributed by atoms with van der Waals surface area (Å²) < 4.78 is 46.6. The van der Waals surface area contributed by atoms with E-state index >= 15 is 0 Å². The topological polar surface area (TPSA) is 128 Å². The van der Waals surface area contributed by atoms with Gasteiger partial charge in [-0.2, -0.15) is 10.1 Å². The monoisotopic (exact) mass is 525 g/mol. The molecule has 1 amide bonds. The van der Waals surface area contributed by atoms with Gasteiger partial charge in [-0.05, 0) is 74.0 Å². The average molecular weight is 526 g/mol. The minimum Gasteiger partial charge on any atom is -0.493 e. The van der Waals surface area contributed by atoms with Crippen LogP contribution in [0.3, 0.4) is 0 Å². The molecule has 1 heterocycles. The van der Waals surface area contributed by atoms with Crippen LogP contribution in [0.5, 0.6) is 11.5 Å². The zero-order chi connectivity index (χ0) is 26.0. The number of amides is 1. The molecule has 0 radical (unpaired) electrons. The van der Waals surface area contributed by atoms with Gasteiger partial charge in [0.05, 0.1) is 33.9 Å². The fourth-order valence-electron chi connectivity index (χ4n) is 3.42. The van der Waals surface area contributed by atoms with Crippen LogP contribution in [0.4, 0.5) is 5.69 Å². The summed E-state index contributed by atoms with van der Waals surface area (Å²) in [5.74, 6) is 0.259. The van der Waals surface area contributed by atoms with Crippen molar-refractivity contribution in [2.45, 2.75) is 23.6 Å². The van der Waals surface area contributed by atoms with Gasteiger partial charge in [0.1, 0.15) is 0 Å². The smallest absolute Gasteiger partial charge is 0.280 e. The van der Waals surface area contributed by atoms with Crippen molar-refractivity contribution < 1.29 is 26.3 Å². The van der Waals surface area contributed by atoms with Gasteiger partial charge in [-0.15, -0.1) is 0 Å². The van der Waals surface area contributed by atoms with E-state index in [4.69, 9.17) is 14.1 Å². The quantitative estimate of drug-likeness (QED) is 0.470. The number of carbonyl (C=O) groups excluding carboxylic acids is 1. The van der Waals surface area contributed by atoms with Crippen LogP contribution in [0.2, 0.25) is 0 Å². The minimum atomic E-state index is -3.85. The molecule has 0 aromatic heterocycles. The molecular formula is C25H23N3O6S2. The SMILES string of the molecule is COc1cc(/C=C2\C(=O)N(c3ccc(S(N)(=O)=O)cc3)N=C2C)ccc1OS(=O)c1ccc(C)cc1. The fourth-order valence-corrected chi connectivity index (χ4v) is 4.70. The number of aryl methyl sites for hydroxylation is 1. The van der Waals surface area contributed by atoms with E-state index in [0.717, 1.165) is 5.56 Å². The lowest BCUT2D eigenvalue weighted by atomic mass is 10.1. The lowest BCUT2D eigenvalue weighted by Gasteiger charge is -2.12. The van der Waals surface area contributed by atoms with Crippen LogP contribution >= 0.6 is 0 Å². The van der Waals surface area contributed by atoms with E-state index in [0.29, 0.717) is 38.9 Å². The van der Waals surface area contributed by atoms with E-state index in [9.17, 15) is 17.4 Å². The predicted molar refractivity (Wildman–Crippen MR) is 138 cm³/mol. The molecular weight excluding hydrogens is 502 g/mol. The van der Waals surface area contributed by atoms with Gasteiger partial charge in [-0.1, -0.05) is 23.8 Å². The second-order valence-corrected chi connectivity index (χ2v) is 10.6. The van der Waals surface area contributed by atoms with Crippen molar-refractivity contribution in [1.29, 1.82) is 0 Å². The van der Waals surface area contributed by atoms with Crippen molar-refractivity contribution in [3.05, 3.63) is 83.4 Å². The standard InChI is InChI=1S/C25H23N3O6S2/c1-16-4-9-20(10-5-16)35(30)34-23-13-6-18(15-24(23)33-3)14-22-17(2)27-28(25(22)29)19-7-11-21(12-8-19)36(26,31)32/h4-15H,1-3H3,(H2,26,31,32)/b22-14-. The van der Waals surface area contributed by atoms with Crippen molar-refractivity contribution in [2.75, 3.05) is 12.1 Å². The Morgan fingerprint density at radius 2 is 1.64 bits per heavy atom. The maximum Gasteiger partial charge on any atom is 0.280 e. The van der Waals surface area contributed by atoms with Crippen LogP contribution in [0, 0.1) is 6.92 Å². The summed E-state index contributed by atoms with van der Waals surface area (Å²) in [5.41, 5.74) is 2.92. The fraction of sp³-hybridized carbons (Fsp3) is 0.120. The second kappa shape index (κ2) is 10.1. The number of hydrogen-bond acceptors (Lipinski definition) is 7. The maximum absolute atomic E-state index is 13.1. The molecule has 3 aromatic carbocycles. The molecule has 36 heavy (non-hydrogen) atoms. The van der Waals surface area contributed by atoms with Crippen molar-refractivity contribution in [1.82, 2.24) is 0 Å². The highest BCUT2D eigenvalue weighted by molar-refractivity contribution is 7.89. The summed E-state index contributed by atoms with van der Waals surface area (Å²) in [7, 11) is -2.38. The van der Waals surface area contributed by atoms with Crippen molar-refractivity contribution in [3.8, 4) is 11.5 Å². The number of methoxy groups -OCH3 is 1. The van der Waals surface area contributed by atoms with Gasteiger partial charge in [0.15, 0.2) is 11.5 Å². The summed E-state index contributed by atoms with van der Waals surface area (Å²) in [6, 6.07) is 17.7. The van der Waals surface area contributed by atoms with Gasteiger partial charge in [-0.3, -0.25) is 4.79 Å². The molecule has 1 atom stereocenters. The Balaban J connectivity index is 1.56. The molecule has 9 nitrogen and oxygen atoms in total. The highest BCUT2D eigenvalue weighted by Crippen LogP contribution is 2.32. The zero-order valence-electron chi connectivity index (χ0n) is 19.7. The summed E-state index contributed by atoms with van der Waals surface area (Å²) in [6.07, 6.45) is 1.66. The average Bonchev–Trinajstić information content (AvgIpc) is 3.13. The molecule has 1 unspecified atom stereocenters. The number of hydrazone groups is 1. The van der Waals surface area contributed by atoms with Gasteiger partial charge in [0, 0.05) is 0 Å².